The first-order valence-corrected chi connectivity index (χ1v) is 9.67. The Bertz CT molecular complexity index is 898. The summed E-state index contributed by atoms with van der Waals surface area (Å²) in [6.45, 7) is -0.332. The maximum absolute atomic E-state index is 12.8. The van der Waals surface area contributed by atoms with Gasteiger partial charge in [-0.3, -0.25) is 0 Å². The molecule has 30 heavy (non-hydrogen) atoms. The second kappa shape index (κ2) is 10.3. The lowest BCUT2D eigenvalue weighted by Crippen LogP contribution is -2.39. The molecule has 0 aliphatic carbocycles. The van der Waals surface area contributed by atoms with Crippen LogP contribution < -0.4 is 24.8 Å². The second-order valence-electron chi connectivity index (χ2n) is 6.31. The lowest BCUT2D eigenvalue weighted by Gasteiger charge is -2.17. The minimum Gasteiger partial charge on any atom is -0.454 e. The number of aliphatic imine (C=N–C) groups is 1. The molecular weight excluding hydrogens is 420 g/mol. The fraction of sp³-hybridized carbons (Fsp3) is 0.350. The summed E-state index contributed by atoms with van der Waals surface area (Å²) in [6, 6.07) is 9.92. The van der Waals surface area contributed by atoms with Gasteiger partial charge in [0.15, 0.2) is 17.5 Å². The number of benzene rings is 2. The summed E-state index contributed by atoms with van der Waals surface area (Å²) in [7, 11) is 0. The Kier molecular flexibility index (Phi) is 7.53. The van der Waals surface area contributed by atoms with Crippen LogP contribution in [0.5, 0.6) is 17.2 Å². The Morgan fingerprint density at radius 2 is 1.97 bits per heavy atom. The van der Waals surface area contributed by atoms with Crippen LogP contribution in [0.2, 0.25) is 5.02 Å². The van der Waals surface area contributed by atoms with Crippen molar-refractivity contribution in [2.75, 3.05) is 19.9 Å². The Hall–Kier alpha value is -2.78. The number of alkyl halides is 2. The summed E-state index contributed by atoms with van der Waals surface area (Å²) in [5, 5.41) is 16.9. The molecule has 0 bridgehead atoms. The van der Waals surface area contributed by atoms with Crippen molar-refractivity contribution in [3.05, 3.63) is 52.5 Å². The molecule has 0 fully saturated rings. The van der Waals surface area contributed by atoms with Gasteiger partial charge in [-0.1, -0.05) is 29.8 Å². The van der Waals surface area contributed by atoms with Gasteiger partial charge in [0.05, 0.1) is 12.6 Å². The molecule has 1 aliphatic rings. The van der Waals surface area contributed by atoms with E-state index in [9.17, 15) is 13.9 Å². The van der Waals surface area contributed by atoms with Gasteiger partial charge in [-0.05, 0) is 19.1 Å². The lowest BCUT2D eigenvalue weighted by atomic mass is 10.1. The number of hydrogen-bond acceptors (Lipinski definition) is 5. The molecule has 0 spiro atoms. The summed E-state index contributed by atoms with van der Waals surface area (Å²) >= 11 is 6.11. The molecule has 3 N–H and O–H groups in total. The molecular formula is C20H22ClF2N3O4. The van der Waals surface area contributed by atoms with Crippen LogP contribution in [0, 0.1) is 0 Å². The summed E-state index contributed by atoms with van der Waals surface area (Å²) in [6.07, 6.45) is -0.856. The summed E-state index contributed by atoms with van der Waals surface area (Å²) in [5.41, 5.74) is 0.995. The molecule has 10 heteroatoms. The monoisotopic (exact) mass is 441 g/mol. The SMILES string of the molecule is CCNC(=NCc1cc2c(cc1OC(F)F)OCO2)NCC(O)c1ccccc1Cl. The van der Waals surface area contributed by atoms with Crippen LogP contribution >= 0.6 is 11.6 Å². The van der Waals surface area contributed by atoms with Crippen molar-refractivity contribution < 1.29 is 28.1 Å². The van der Waals surface area contributed by atoms with Crippen molar-refractivity contribution in [2.24, 2.45) is 4.99 Å². The fourth-order valence-electron chi connectivity index (χ4n) is 2.85. The summed E-state index contributed by atoms with van der Waals surface area (Å²) in [5.74, 6) is 1.13. The quantitative estimate of drug-likeness (QED) is 0.430. The van der Waals surface area contributed by atoms with E-state index in [1.54, 1.807) is 30.3 Å². The number of ether oxygens (including phenoxy) is 3. The summed E-state index contributed by atoms with van der Waals surface area (Å²) in [4.78, 5) is 4.39. The first kappa shape index (κ1) is 21.9. The van der Waals surface area contributed by atoms with Crippen LogP contribution in [0.25, 0.3) is 0 Å². The molecule has 1 atom stereocenters. The maximum atomic E-state index is 12.8. The van der Waals surface area contributed by atoms with Gasteiger partial charge >= 0.3 is 6.61 Å². The Morgan fingerprint density at radius 1 is 1.23 bits per heavy atom. The van der Waals surface area contributed by atoms with E-state index in [-0.39, 0.29) is 25.6 Å². The highest BCUT2D eigenvalue weighted by Gasteiger charge is 2.20. The van der Waals surface area contributed by atoms with E-state index in [4.69, 9.17) is 21.1 Å². The third-order valence-corrected chi connectivity index (χ3v) is 4.59. The topological polar surface area (TPSA) is 84.3 Å². The minimum atomic E-state index is -2.98. The molecule has 3 rings (SSSR count). The molecule has 2 aromatic carbocycles. The average Bonchev–Trinajstić information content (AvgIpc) is 3.16. The number of guanidine groups is 1. The van der Waals surface area contributed by atoms with E-state index in [0.717, 1.165) is 0 Å². The number of hydrogen-bond donors (Lipinski definition) is 3. The second-order valence-corrected chi connectivity index (χ2v) is 6.71. The molecule has 2 aromatic rings. The predicted octanol–water partition coefficient (Wildman–Crippen LogP) is 3.46. The Labute approximate surface area is 177 Å². The Balaban J connectivity index is 1.72. The van der Waals surface area contributed by atoms with E-state index in [1.807, 2.05) is 6.92 Å². The van der Waals surface area contributed by atoms with Crippen molar-refractivity contribution in [1.29, 1.82) is 0 Å². The third kappa shape index (κ3) is 5.64. The highest BCUT2D eigenvalue weighted by Crippen LogP contribution is 2.39. The molecule has 0 amide bonds. The van der Waals surface area contributed by atoms with Crippen LogP contribution in [0.4, 0.5) is 8.78 Å². The number of aliphatic hydroxyl groups is 1. The van der Waals surface area contributed by atoms with Crippen LogP contribution in [-0.2, 0) is 6.54 Å². The average molecular weight is 442 g/mol. The van der Waals surface area contributed by atoms with E-state index >= 15 is 0 Å². The molecule has 0 saturated carbocycles. The zero-order valence-electron chi connectivity index (χ0n) is 16.2. The molecule has 1 heterocycles. The Morgan fingerprint density at radius 3 is 2.67 bits per heavy atom. The van der Waals surface area contributed by atoms with Crippen molar-refractivity contribution in [1.82, 2.24) is 10.6 Å². The van der Waals surface area contributed by atoms with Crippen LogP contribution in [-0.4, -0.2) is 37.6 Å². The van der Waals surface area contributed by atoms with E-state index < -0.39 is 12.7 Å². The van der Waals surface area contributed by atoms with E-state index in [1.165, 1.54) is 6.07 Å². The number of nitrogens with zero attached hydrogens (tertiary/aromatic N) is 1. The van der Waals surface area contributed by atoms with Gasteiger partial charge in [-0.2, -0.15) is 8.78 Å². The van der Waals surface area contributed by atoms with Gasteiger partial charge in [0, 0.05) is 35.3 Å². The first-order chi connectivity index (χ1) is 14.5. The number of halogens is 3. The molecule has 162 valence electrons. The summed E-state index contributed by atoms with van der Waals surface area (Å²) < 4.78 is 40.7. The van der Waals surface area contributed by atoms with Crippen LogP contribution in [0.15, 0.2) is 41.4 Å². The van der Waals surface area contributed by atoms with Crippen LogP contribution in [0.1, 0.15) is 24.2 Å². The zero-order valence-corrected chi connectivity index (χ0v) is 17.0. The maximum Gasteiger partial charge on any atom is 0.387 e. The van der Waals surface area contributed by atoms with Gasteiger partial charge in [-0.15, -0.1) is 0 Å². The lowest BCUT2D eigenvalue weighted by molar-refractivity contribution is -0.0505. The van der Waals surface area contributed by atoms with E-state index in [0.29, 0.717) is 40.2 Å². The molecule has 0 radical (unpaired) electrons. The first-order valence-electron chi connectivity index (χ1n) is 9.30. The fourth-order valence-corrected chi connectivity index (χ4v) is 3.11. The molecule has 1 aliphatic heterocycles. The normalized spacial score (nSPS) is 14.0. The van der Waals surface area contributed by atoms with Crippen molar-refractivity contribution in [3.8, 4) is 17.2 Å². The largest absolute Gasteiger partial charge is 0.454 e. The van der Waals surface area contributed by atoms with Gasteiger partial charge in [-0.25, -0.2) is 4.99 Å². The number of nitrogens with one attached hydrogen (secondary N) is 2. The molecule has 7 nitrogen and oxygen atoms in total. The van der Waals surface area contributed by atoms with Gasteiger partial charge in [0.1, 0.15) is 5.75 Å². The molecule has 1 unspecified atom stereocenters. The van der Waals surface area contributed by atoms with Crippen molar-refractivity contribution >= 4 is 17.6 Å². The van der Waals surface area contributed by atoms with Gasteiger partial charge in [0.25, 0.3) is 0 Å². The number of aliphatic hydroxyl groups excluding tert-OH is 1. The highest BCUT2D eigenvalue weighted by atomic mass is 35.5. The molecule has 0 saturated heterocycles. The molecule has 0 aromatic heterocycles. The highest BCUT2D eigenvalue weighted by molar-refractivity contribution is 6.31. The van der Waals surface area contributed by atoms with Gasteiger partial charge < -0.3 is 30.0 Å². The standard InChI is InChI=1S/C20H22ClF2N3O4/c1-2-24-20(26-10-15(27)13-5-3-4-6-14(13)21)25-9-12-7-17-18(29-11-28-17)8-16(12)30-19(22)23/h3-8,15,19,27H,2,9-11H2,1H3,(H2,24,25,26). The van der Waals surface area contributed by atoms with Crippen molar-refractivity contribution in [2.45, 2.75) is 26.2 Å². The van der Waals surface area contributed by atoms with Gasteiger partial charge in [0.2, 0.25) is 6.79 Å². The zero-order chi connectivity index (χ0) is 21.5. The van der Waals surface area contributed by atoms with E-state index in [2.05, 4.69) is 20.4 Å². The number of fused-ring (bicyclic) bond motifs is 1. The smallest absolute Gasteiger partial charge is 0.387 e. The predicted molar refractivity (Wildman–Crippen MR) is 108 cm³/mol. The van der Waals surface area contributed by atoms with Crippen LogP contribution in [0.3, 0.4) is 0 Å². The third-order valence-electron chi connectivity index (χ3n) is 4.25. The number of rotatable bonds is 8. The minimum absolute atomic E-state index is 0.0142. The van der Waals surface area contributed by atoms with Crippen molar-refractivity contribution in [3.63, 3.8) is 0 Å².